The zero-order valence-electron chi connectivity index (χ0n) is 13.3. The molecule has 2 saturated heterocycles. The fourth-order valence-electron chi connectivity index (χ4n) is 3.26. The standard InChI is InChI=1S/C15H28N2O3/c1-10-6-7-17(9-11(10)18)13(19)16-12-8-14(2,3)20-15(12,4)5/h10-12,18H,6-9H2,1-5H3,(H,16,19). The fraction of sp³-hybridized carbons (Fsp3) is 0.933. The lowest BCUT2D eigenvalue weighted by Crippen LogP contribution is -2.54. The van der Waals surface area contributed by atoms with E-state index < -0.39 is 6.10 Å². The Balaban J connectivity index is 1.95. The van der Waals surface area contributed by atoms with Gasteiger partial charge in [0, 0.05) is 13.1 Å². The van der Waals surface area contributed by atoms with E-state index >= 15 is 0 Å². The number of hydrogen-bond acceptors (Lipinski definition) is 3. The molecule has 3 atom stereocenters. The normalized spacial score (nSPS) is 35.9. The summed E-state index contributed by atoms with van der Waals surface area (Å²) in [5, 5.41) is 13.0. The van der Waals surface area contributed by atoms with E-state index in [9.17, 15) is 9.90 Å². The number of carbonyl (C=O) groups excluding carboxylic acids is 1. The van der Waals surface area contributed by atoms with Gasteiger partial charge in [-0.25, -0.2) is 4.79 Å². The van der Waals surface area contributed by atoms with Gasteiger partial charge in [0.15, 0.2) is 0 Å². The minimum absolute atomic E-state index is 0.00138. The highest BCUT2D eigenvalue weighted by Crippen LogP contribution is 2.37. The van der Waals surface area contributed by atoms with Gasteiger partial charge in [0.05, 0.1) is 23.3 Å². The smallest absolute Gasteiger partial charge is 0.317 e. The molecule has 0 bridgehead atoms. The van der Waals surface area contributed by atoms with Gasteiger partial charge in [0.1, 0.15) is 0 Å². The van der Waals surface area contributed by atoms with E-state index in [0.29, 0.717) is 13.1 Å². The highest BCUT2D eigenvalue weighted by atomic mass is 16.5. The molecule has 2 heterocycles. The van der Waals surface area contributed by atoms with Crippen molar-refractivity contribution >= 4 is 6.03 Å². The maximum absolute atomic E-state index is 12.4. The molecule has 5 nitrogen and oxygen atoms in total. The summed E-state index contributed by atoms with van der Waals surface area (Å²) in [6.45, 7) is 11.3. The highest BCUT2D eigenvalue weighted by Gasteiger charge is 2.47. The lowest BCUT2D eigenvalue weighted by molar-refractivity contribution is -0.0694. The summed E-state index contributed by atoms with van der Waals surface area (Å²) in [7, 11) is 0. The van der Waals surface area contributed by atoms with E-state index in [-0.39, 0.29) is 29.2 Å². The molecule has 2 aliphatic heterocycles. The van der Waals surface area contributed by atoms with Crippen molar-refractivity contribution in [3.8, 4) is 0 Å². The van der Waals surface area contributed by atoms with Crippen LogP contribution in [0.2, 0.25) is 0 Å². The van der Waals surface area contributed by atoms with Crippen LogP contribution in [0.15, 0.2) is 0 Å². The van der Waals surface area contributed by atoms with Crippen molar-refractivity contribution in [2.75, 3.05) is 13.1 Å². The van der Waals surface area contributed by atoms with Gasteiger partial charge in [-0.15, -0.1) is 0 Å². The topological polar surface area (TPSA) is 61.8 Å². The van der Waals surface area contributed by atoms with Crippen LogP contribution in [-0.2, 0) is 4.74 Å². The number of β-amino-alcohol motifs (C(OH)–C–C–N with tert-alkyl or cyclic N) is 1. The van der Waals surface area contributed by atoms with Gasteiger partial charge in [-0.05, 0) is 46.5 Å². The molecule has 0 aromatic carbocycles. The molecule has 0 spiro atoms. The van der Waals surface area contributed by atoms with E-state index in [2.05, 4.69) is 5.32 Å². The Labute approximate surface area is 121 Å². The van der Waals surface area contributed by atoms with Crippen molar-refractivity contribution in [3.05, 3.63) is 0 Å². The van der Waals surface area contributed by atoms with Crippen LogP contribution in [0.5, 0.6) is 0 Å². The predicted octanol–water partition coefficient (Wildman–Crippen LogP) is 1.74. The van der Waals surface area contributed by atoms with Crippen molar-refractivity contribution < 1.29 is 14.6 Å². The first-order chi connectivity index (χ1) is 9.11. The highest BCUT2D eigenvalue weighted by molar-refractivity contribution is 5.75. The number of likely N-dealkylation sites (tertiary alicyclic amines) is 1. The van der Waals surface area contributed by atoms with Gasteiger partial charge >= 0.3 is 6.03 Å². The van der Waals surface area contributed by atoms with E-state index in [1.165, 1.54) is 0 Å². The van der Waals surface area contributed by atoms with E-state index in [1.54, 1.807) is 4.90 Å². The van der Waals surface area contributed by atoms with Gasteiger partial charge < -0.3 is 20.1 Å². The second-order valence-corrected chi connectivity index (χ2v) is 7.45. The molecular formula is C15H28N2O3. The molecule has 20 heavy (non-hydrogen) atoms. The van der Waals surface area contributed by atoms with Crippen LogP contribution >= 0.6 is 0 Å². The lowest BCUT2D eigenvalue weighted by atomic mass is 9.94. The summed E-state index contributed by atoms with van der Waals surface area (Å²) in [5.41, 5.74) is -0.571. The van der Waals surface area contributed by atoms with E-state index in [1.807, 2.05) is 34.6 Å². The van der Waals surface area contributed by atoms with Crippen LogP contribution in [0.1, 0.15) is 47.5 Å². The summed E-state index contributed by atoms with van der Waals surface area (Å²) < 4.78 is 5.99. The number of piperidine rings is 1. The number of aliphatic hydroxyl groups is 1. The number of ether oxygens (including phenoxy) is 1. The van der Waals surface area contributed by atoms with Crippen molar-refractivity contribution in [1.82, 2.24) is 10.2 Å². The molecule has 0 radical (unpaired) electrons. The number of nitrogens with zero attached hydrogens (tertiary/aromatic N) is 1. The monoisotopic (exact) mass is 284 g/mol. The second-order valence-electron chi connectivity index (χ2n) is 7.45. The number of amides is 2. The fourth-order valence-corrected chi connectivity index (χ4v) is 3.26. The molecule has 0 aromatic rings. The van der Waals surface area contributed by atoms with E-state index in [4.69, 9.17) is 4.74 Å². The minimum Gasteiger partial charge on any atom is -0.391 e. The Morgan fingerprint density at radius 2 is 2.00 bits per heavy atom. The second kappa shape index (κ2) is 5.19. The molecule has 2 amide bonds. The Kier molecular flexibility index (Phi) is 4.04. The number of carbonyl (C=O) groups is 1. The molecule has 116 valence electrons. The molecule has 0 saturated carbocycles. The van der Waals surface area contributed by atoms with Gasteiger partial charge in [0.25, 0.3) is 0 Å². The molecule has 3 unspecified atom stereocenters. The molecule has 2 N–H and O–H groups in total. The molecule has 2 rings (SSSR count). The van der Waals surface area contributed by atoms with Crippen LogP contribution in [0.25, 0.3) is 0 Å². The Hall–Kier alpha value is -0.810. The van der Waals surface area contributed by atoms with Gasteiger partial charge in [-0.3, -0.25) is 0 Å². The maximum Gasteiger partial charge on any atom is 0.317 e. The average Bonchev–Trinajstić information content (AvgIpc) is 2.50. The molecule has 0 aromatic heterocycles. The van der Waals surface area contributed by atoms with Crippen LogP contribution < -0.4 is 5.32 Å². The number of urea groups is 1. The van der Waals surface area contributed by atoms with Crippen LogP contribution in [0.3, 0.4) is 0 Å². The van der Waals surface area contributed by atoms with Crippen LogP contribution in [-0.4, -0.2) is 52.5 Å². The largest absolute Gasteiger partial charge is 0.391 e. The quantitative estimate of drug-likeness (QED) is 0.771. The SMILES string of the molecule is CC1CCN(C(=O)NC2CC(C)(C)OC2(C)C)CC1O. The van der Waals surface area contributed by atoms with Crippen molar-refractivity contribution in [1.29, 1.82) is 0 Å². The molecule has 0 aliphatic carbocycles. The summed E-state index contributed by atoms with van der Waals surface area (Å²) in [6, 6.07) is -0.0863. The number of nitrogens with one attached hydrogen (secondary N) is 1. The van der Waals surface area contributed by atoms with Gasteiger partial charge in [-0.1, -0.05) is 6.92 Å². The Morgan fingerprint density at radius 3 is 2.50 bits per heavy atom. The van der Waals surface area contributed by atoms with Crippen molar-refractivity contribution in [2.45, 2.75) is 70.8 Å². The first-order valence-corrected chi connectivity index (χ1v) is 7.54. The Morgan fingerprint density at radius 1 is 1.35 bits per heavy atom. The average molecular weight is 284 g/mol. The number of hydrogen-bond donors (Lipinski definition) is 2. The molecular weight excluding hydrogens is 256 g/mol. The van der Waals surface area contributed by atoms with Crippen LogP contribution in [0.4, 0.5) is 4.79 Å². The summed E-state index contributed by atoms with van der Waals surface area (Å²) in [4.78, 5) is 14.1. The molecule has 5 heteroatoms. The third-order valence-electron chi connectivity index (χ3n) is 4.58. The van der Waals surface area contributed by atoms with Crippen molar-refractivity contribution in [2.24, 2.45) is 5.92 Å². The zero-order valence-corrected chi connectivity index (χ0v) is 13.3. The number of rotatable bonds is 1. The maximum atomic E-state index is 12.4. The third-order valence-corrected chi connectivity index (χ3v) is 4.58. The van der Waals surface area contributed by atoms with E-state index in [0.717, 1.165) is 12.8 Å². The van der Waals surface area contributed by atoms with Gasteiger partial charge in [-0.2, -0.15) is 0 Å². The summed E-state index contributed by atoms with van der Waals surface area (Å²) >= 11 is 0. The predicted molar refractivity (Wildman–Crippen MR) is 77.5 cm³/mol. The first kappa shape index (κ1) is 15.6. The van der Waals surface area contributed by atoms with Crippen LogP contribution in [0, 0.1) is 5.92 Å². The lowest BCUT2D eigenvalue weighted by Gasteiger charge is -2.36. The summed E-state index contributed by atoms with van der Waals surface area (Å²) in [5.74, 6) is 0.268. The minimum atomic E-state index is -0.418. The number of aliphatic hydroxyl groups excluding tert-OH is 1. The molecule has 2 aliphatic rings. The van der Waals surface area contributed by atoms with Crippen molar-refractivity contribution in [3.63, 3.8) is 0 Å². The van der Waals surface area contributed by atoms with Gasteiger partial charge in [0.2, 0.25) is 0 Å². The Bertz CT molecular complexity index is 381. The third kappa shape index (κ3) is 3.26. The summed E-state index contributed by atoms with van der Waals surface area (Å²) in [6.07, 6.45) is 1.24. The molecule has 2 fully saturated rings. The first-order valence-electron chi connectivity index (χ1n) is 7.54. The zero-order chi connectivity index (χ0) is 15.1.